The molecule has 0 amide bonds. The zero-order chi connectivity index (χ0) is 20.2. The second-order valence-electron chi connectivity index (χ2n) is 8.12. The summed E-state index contributed by atoms with van der Waals surface area (Å²) >= 11 is 0. The van der Waals surface area contributed by atoms with Crippen LogP contribution in [0.1, 0.15) is 19.4 Å². The molecule has 0 nitrogen and oxygen atoms in total. The van der Waals surface area contributed by atoms with Crippen LogP contribution in [0.2, 0.25) is 0 Å². The first-order chi connectivity index (χ1) is 14.2. The van der Waals surface area contributed by atoms with Crippen LogP contribution in [0.3, 0.4) is 0 Å². The van der Waals surface area contributed by atoms with E-state index in [1.165, 1.54) is 21.5 Å². The van der Waals surface area contributed by atoms with Crippen molar-refractivity contribution in [2.45, 2.75) is 25.7 Å². The molecule has 0 atom stereocenters. The maximum absolute atomic E-state index is 2.81. The molecular formula is C28H30ClP. The fourth-order valence-electron chi connectivity index (χ4n) is 5.07. The minimum absolute atomic E-state index is 0. The monoisotopic (exact) mass is 432 g/mol. The van der Waals surface area contributed by atoms with Crippen LogP contribution in [0.25, 0.3) is 0 Å². The van der Waals surface area contributed by atoms with Gasteiger partial charge in [-0.3, -0.25) is 0 Å². The molecule has 0 heterocycles. The van der Waals surface area contributed by atoms with Crippen LogP contribution in [0.15, 0.2) is 121 Å². The minimum atomic E-state index is -2.81. The van der Waals surface area contributed by atoms with Gasteiger partial charge in [0.15, 0.2) is 0 Å². The predicted molar refractivity (Wildman–Crippen MR) is 138 cm³/mol. The van der Waals surface area contributed by atoms with E-state index in [4.69, 9.17) is 0 Å². The van der Waals surface area contributed by atoms with Crippen molar-refractivity contribution in [3.8, 4) is 0 Å². The van der Waals surface area contributed by atoms with Gasteiger partial charge in [0.1, 0.15) is 0 Å². The molecule has 0 fully saturated rings. The van der Waals surface area contributed by atoms with Crippen LogP contribution < -0.4 is 15.9 Å². The summed E-state index contributed by atoms with van der Waals surface area (Å²) in [6.07, 6.45) is 1.03. The van der Waals surface area contributed by atoms with Crippen LogP contribution in [0.5, 0.6) is 0 Å². The zero-order valence-electron chi connectivity index (χ0n) is 17.7. The van der Waals surface area contributed by atoms with E-state index in [2.05, 4.69) is 135 Å². The van der Waals surface area contributed by atoms with Crippen molar-refractivity contribution in [3.05, 3.63) is 127 Å². The second kappa shape index (κ2) is 9.17. The summed E-state index contributed by atoms with van der Waals surface area (Å²) < 4.78 is 0. The Morgan fingerprint density at radius 3 is 1.10 bits per heavy atom. The topological polar surface area (TPSA) is 0 Å². The van der Waals surface area contributed by atoms with Crippen LogP contribution >= 0.6 is 19.0 Å². The maximum atomic E-state index is 2.42. The number of rotatable bonds is 6. The molecule has 4 rings (SSSR count). The molecule has 0 unspecified atom stereocenters. The Bertz CT molecular complexity index is 945. The maximum Gasteiger partial charge on any atom is -0.147 e. The van der Waals surface area contributed by atoms with E-state index in [9.17, 15) is 0 Å². The quantitative estimate of drug-likeness (QED) is 0.303. The minimum Gasteiger partial charge on any atom is -0.147 e. The predicted octanol–water partition coefficient (Wildman–Crippen LogP) is 6.55. The Morgan fingerprint density at radius 1 is 0.500 bits per heavy atom. The van der Waals surface area contributed by atoms with E-state index in [1.807, 2.05) is 0 Å². The Morgan fingerprint density at radius 2 is 0.800 bits per heavy atom. The van der Waals surface area contributed by atoms with Gasteiger partial charge >= 0.3 is 175 Å². The first-order valence-corrected chi connectivity index (χ1v) is 12.9. The average Bonchev–Trinajstić information content (AvgIpc) is 2.80. The molecule has 0 aliphatic heterocycles. The van der Waals surface area contributed by atoms with E-state index in [-0.39, 0.29) is 12.4 Å². The normalized spacial score (nSPS) is 12.6. The molecule has 0 saturated heterocycles. The standard InChI is InChI=1S/C28H29P.ClH/c1-24(2)29(26-17-9-4-10-18-26,27-19-11-5-12-20-27,28-21-13-6-14-22-28)23-25-15-7-3-8-16-25;/h3-22,24H,23H2,1-2H3;1H. The van der Waals surface area contributed by atoms with Gasteiger partial charge in [0, 0.05) is 0 Å². The Balaban J connectivity index is 0.00000256. The van der Waals surface area contributed by atoms with E-state index in [0.29, 0.717) is 5.66 Å². The SMILES string of the molecule is CC(C)P(Cc1ccccc1)(c1ccccc1)(c1ccccc1)c1ccccc1.Cl. The molecule has 30 heavy (non-hydrogen) atoms. The van der Waals surface area contributed by atoms with E-state index < -0.39 is 6.60 Å². The summed E-state index contributed by atoms with van der Waals surface area (Å²) in [6.45, 7) is 2.04. The first kappa shape index (κ1) is 22.3. The summed E-state index contributed by atoms with van der Waals surface area (Å²) in [7, 11) is 0. The zero-order valence-corrected chi connectivity index (χ0v) is 19.4. The molecule has 4 aromatic rings. The van der Waals surface area contributed by atoms with E-state index in [1.54, 1.807) is 0 Å². The van der Waals surface area contributed by atoms with Gasteiger partial charge < -0.3 is 0 Å². The van der Waals surface area contributed by atoms with E-state index in [0.717, 1.165) is 6.16 Å². The molecule has 0 spiro atoms. The fourth-order valence-corrected chi connectivity index (χ4v) is 12.2. The van der Waals surface area contributed by atoms with Crippen LogP contribution in [0.4, 0.5) is 0 Å². The number of benzene rings is 4. The summed E-state index contributed by atoms with van der Waals surface area (Å²) in [5, 5.41) is 4.40. The molecule has 4 aromatic carbocycles. The Hall–Kier alpha value is -2.40. The second-order valence-corrected chi connectivity index (χ2v) is 13.8. The number of hydrogen-bond donors (Lipinski definition) is 0. The van der Waals surface area contributed by atoms with Gasteiger partial charge in [0.2, 0.25) is 0 Å². The van der Waals surface area contributed by atoms with Gasteiger partial charge in [-0.15, -0.1) is 12.4 Å². The van der Waals surface area contributed by atoms with Gasteiger partial charge in [-0.2, -0.15) is 0 Å². The summed E-state index contributed by atoms with van der Waals surface area (Å²) in [5.74, 6) is 0. The molecule has 154 valence electrons. The molecule has 0 N–H and O–H groups in total. The van der Waals surface area contributed by atoms with Crippen molar-refractivity contribution in [3.63, 3.8) is 0 Å². The Kier molecular flexibility index (Phi) is 6.81. The fraction of sp³-hybridized carbons (Fsp3) is 0.143. The van der Waals surface area contributed by atoms with Crippen LogP contribution in [-0.4, -0.2) is 5.66 Å². The summed E-state index contributed by atoms with van der Waals surface area (Å²) in [4.78, 5) is 0. The van der Waals surface area contributed by atoms with Gasteiger partial charge in [-0.05, 0) is 0 Å². The van der Waals surface area contributed by atoms with Crippen LogP contribution in [0, 0.1) is 0 Å². The van der Waals surface area contributed by atoms with Gasteiger partial charge in [-0.25, -0.2) is 0 Å². The third kappa shape index (κ3) is 3.39. The van der Waals surface area contributed by atoms with Crippen molar-refractivity contribution in [1.29, 1.82) is 0 Å². The third-order valence-electron chi connectivity index (χ3n) is 6.53. The van der Waals surface area contributed by atoms with Crippen molar-refractivity contribution in [2.24, 2.45) is 0 Å². The molecule has 0 bridgehead atoms. The summed E-state index contributed by atoms with van der Waals surface area (Å²) in [6, 6.07) is 44.8. The van der Waals surface area contributed by atoms with Gasteiger partial charge in [-0.1, -0.05) is 0 Å². The van der Waals surface area contributed by atoms with Crippen molar-refractivity contribution in [2.75, 3.05) is 0 Å². The van der Waals surface area contributed by atoms with Gasteiger partial charge in [0.25, 0.3) is 0 Å². The smallest absolute Gasteiger partial charge is 0.147 e. The molecular weight excluding hydrogens is 403 g/mol. The molecule has 0 saturated carbocycles. The van der Waals surface area contributed by atoms with Crippen molar-refractivity contribution in [1.82, 2.24) is 0 Å². The number of halogens is 1. The molecule has 0 aromatic heterocycles. The third-order valence-corrected chi connectivity index (χ3v) is 14.3. The largest absolute Gasteiger partial charge is 0.147 e. The molecule has 0 radical (unpaired) electrons. The molecule has 0 aliphatic rings. The van der Waals surface area contributed by atoms with Crippen molar-refractivity contribution < 1.29 is 0 Å². The molecule has 0 aliphatic carbocycles. The average molecular weight is 433 g/mol. The molecule has 2 heteroatoms. The van der Waals surface area contributed by atoms with Crippen LogP contribution in [-0.2, 0) is 6.16 Å². The van der Waals surface area contributed by atoms with Gasteiger partial charge in [0.05, 0.1) is 0 Å². The van der Waals surface area contributed by atoms with Crippen molar-refractivity contribution >= 4 is 34.9 Å². The van der Waals surface area contributed by atoms with E-state index >= 15 is 0 Å². The Labute approximate surface area is 187 Å². The first-order valence-electron chi connectivity index (χ1n) is 10.4. The number of hydrogen-bond acceptors (Lipinski definition) is 0. The summed E-state index contributed by atoms with van der Waals surface area (Å²) in [5.41, 5.74) is 1.85.